The van der Waals surface area contributed by atoms with Gasteiger partial charge in [-0.05, 0) is 65.8 Å². The maximum Gasteiger partial charge on any atom is 0.191 e. The van der Waals surface area contributed by atoms with Gasteiger partial charge in [0.15, 0.2) is 5.96 Å². The molecule has 0 bridgehead atoms. The van der Waals surface area contributed by atoms with Crippen LogP contribution >= 0.6 is 24.0 Å². The monoisotopic (exact) mass is 448 g/mol. The van der Waals surface area contributed by atoms with Gasteiger partial charge in [0.05, 0.1) is 18.8 Å². The van der Waals surface area contributed by atoms with E-state index in [0.29, 0.717) is 6.54 Å². The lowest BCUT2D eigenvalue weighted by molar-refractivity contribution is 0.150. The van der Waals surface area contributed by atoms with Crippen molar-refractivity contribution < 1.29 is 4.42 Å². The molecule has 1 saturated heterocycles. The van der Waals surface area contributed by atoms with Crippen molar-refractivity contribution in [1.29, 1.82) is 0 Å². The topological polar surface area (TPSA) is 52.8 Å². The number of nitrogens with one attached hydrogen (secondary N) is 2. The van der Waals surface area contributed by atoms with Gasteiger partial charge in [0.2, 0.25) is 0 Å². The lowest BCUT2D eigenvalue weighted by Crippen LogP contribution is -2.48. The summed E-state index contributed by atoms with van der Waals surface area (Å²) in [6, 6.07) is 4.26. The zero-order valence-corrected chi connectivity index (χ0v) is 17.8. The first-order chi connectivity index (χ1) is 11.0. The standard InChI is InChI=1S/C18H32N4O.HI/c1-5-19-17(21-18(2,3)4)20-14-15(16-10-9-13-23-16)22-11-7-6-8-12-22;/h9-10,13,15H,5-8,11-12,14H2,1-4H3,(H2,19,20,21);1H. The fourth-order valence-electron chi connectivity index (χ4n) is 2.94. The summed E-state index contributed by atoms with van der Waals surface area (Å²) in [7, 11) is 0. The smallest absolute Gasteiger partial charge is 0.191 e. The van der Waals surface area contributed by atoms with E-state index in [1.165, 1.54) is 19.3 Å². The molecule has 1 aromatic rings. The molecule has 1 unspecified atom stereocenters. The van der Waals surface area contributed by atoms with Crippen molar-refractivity contribution >= 4 is 29.9 Å². The van der Waals surface area contributed by atoms with E-state index in [1.807, 2.05) is 6.07 Å². The number of hydrogen-bond donors (Lipinski definition) is 2. The van der Waals surface area contributed by atoms with Crippen LogP contribution in [-0.4, -0.2) is 42.6 Å². The minimum atomic E-state index is -0.00763. The van der Waals surface area contributed by atoms with Crippen molar-refractivity contribution in [2.75, 3.05) is 26.2 Å². The molecule has 1 aliphatic rings. The van der Waals surface area contributed by atoms with Gasteiger partial charge in [-0.25, -0.2) is 0 Å². The number of likely N-dealkylation sites (tertiary alicyclic amines) is 1. The minimum absolute atomic E-state index is 0. The molecule has 1 fully saturated rings. The van der Waals surface area contributed by atoms with E-state index in [1.54, 1.807) is 6.26 Å². The largest absolute Gasteiger partial charge is 0.468 e. The second-order valence-corrected chi connectivity index (χ2v) is 7.22. The third-order valence-electron chi connectivity index (χ3n) is 3.96. The molecular weight excluding hydrogens is 415 g/mol. The summed E-state index contributed by atoms with van der Waals surface area (Å²) in [4.78, 5) is 7.33. The van der Waals surface area contributed by atoms with Crippen LogP contribution in [0.25, 0.3) is 0 Å². The number of guanidine groups is 1. The normalized spacial score (nSPS) is 17.9. The van der Waals surface area contributed by atoms with Crippen LogP contribution in [0.2, 0.25) is 0 Å². The van der Waals surface area contributed by atoms with Gasteiger partial charge in [-0.2, -0.15) is 0 Å². The Kier molecular flexibility index (Phi) is 9.12. The third kappa shape index (κ3) is 7.01. The summed E-state index contributed by atoms with van der Waals surface area (Å²) < 4.78 is 5.69. The van der Waals surface area contributed by atoms with Crippen LogP contribution in [0.1, 0.15) is 58.8 Å². The molecule has 138 valence electrons. The lowest BCUT2D eigenvalue weighted by atomic mass is 10.1. The molecule has 6 heteroatoms. The molecule has 2 rings (SSSR count). The molecule has 0 spiro atoms. The molecular formula is C18H33IN4O. The molecule has 1 aromatic heterocycles. The van der Waals surface area contributed by atoms with Crippen molar-refractivity contribution in [2.24, 2.45) is 4.99 Å². The average Bonchev–Trinajstić information content (AvgIpc) is 3.01. The predicted molar refractivity (Wildman–Crippen MR) is 111 cm³/mol. The summed E-state index contributed by atoms with van der Waals surface area (Å²) in [6.45, 7) is 12.4. The van der Waals surface area contributed by atoms with Crippen LogP contribution in [0, 0.1) is 0 Å². The lowest BCUT2D eigenvalue weighted by Gasteiger charge is -2.33. The first-order valence-corrected chi connectivity index (χ1v) is 8.83. The number of nitrogens with zero attached hydrogens (tertiary/aromatic N) is 2. The summed E-state index contributed by atoms with van der Waals surface area (Å²) in [5, 5.41) is 6.78. The van der Waals surface area contributed by atoms with Crippen LogP contribution in [0.4, 0.5) is 0 Å². The molecule has 24 heavy (non-hydrogen) atoms. The van der Waals surface area contributed by atoms with E-state index in [-0.39, 0.29) is 35.6 Å². The van der Waals surface area contributed by atoms with Gasteiger partial charge in [-0.15, -0.1) is 24.0 Å². The quantitative estimate of drug-likeness (QED) is 0.409. The molecule has 5 nitrogen and oxygen atoms in total. The molecule has 0 amide bonds. The number of hydrogen-bond acceptors (Lipinski definition) is 3. The Morgan fingerprint density at radius 1 is 1.29 bits per heavy atom. The minimum Gasteiger partial charge on any atom is -0.468 e. The Labute approximate surface area is 163 Å². The van der Waals surface area contributed by atoms with Crippen LogP contribution in [-0.2, 0) is 0 Å². The molecule has 0 saturated carbocycles. The maximum atomic E-state index is 5.69. The summed E-state index contributed by atoms with van der Waals surface area (Å²) in [5.41, 5.74) is -0.00763. The van der Waals surface area contributed by atoms with Crippen molar-refractivity contribution in [3.05, 3.63) is 24.2 Å². The number of aliphatic imine (C=N–C) groups is 1. The highest BCUT2D eigenvalue weighted by Crippen LogP contribution is 2.25. The van der Waals surface area contributed by atoms with Gasteiger partial charge in [0.25, 0.3) is 0 Å². The van der Waals surface area contributed by atoms with E-state index in [9.17, 15) is 0 Å². The van der Waals surface area contributed by atoms with Gasteiger partial charge in [-0.1, -0.05) is 6.42 Å². The first kappa shape index (κ1) is 21.3. The van der Waals surface area contributed by atoms with Crippen LogP contribution < -0.4 is 10.6 Å². The Morgan fingerprint density at radius 2 is 2.00 bits per heavy atom. The Balaban J connectivity index is 0.00000288. The average molecular weight is 448 g/mol. The Morgan fingerprint density at radius 3 is 2.54 bits per heavy atom. The highest BCUT2D eigenvalue weighted by atomic mass is 127. The van der Waals surface area contributed by atoms with Crippen LogP contribution in [0.5, 0.6) is 0 Å². The fourth-order valence-corrected chi connectivity index (χ4v) is 2.94. The Hall–Kier alpha value is -0.760. The van der Waals surface area contributed by atoms with E-state index in [0.717, 1.165) is 31.4 Å². The number of furan rings is 1. The summed E-state index contributed by atoms with van der Waals surface area (Å²) >= 11 is 0. The highest BCUT2D eigenvalue weighted by Gasteiger charge is 2.24. The van der Waals surface area contributed by atoms with Crippen LogP contribution in [0.15, 0.2) is 27.8 Å². The molecule has 0 aromatic carbocycles. The SMILES string of the molecule is CCNC(=NCC(c1ccco1)N1CCCCC1)NC(C)(C)C.I. The fraction of sp³-hybridized carbons (Fsp3) is 0.722. The summed E-state index contributed by atoms with van der Waals surface area (Å²) in [6.07, 6.45) is 5.62. The second-order valence-electron chi connectivity index (χ2n) is 7.22. The van der Waals surface area contributed by atoms with Crippen molar-refractivity contribution in [2.45, 2.75) is 58.5 Å². The van der Waals surface area contributed by atoms with E-state index in [4.69, 9.17) is 9.41 Å². The van der Waals surface area contributed by atoms with Gasteiger partial charge in [0, 0.05) is 12.1 Å². The van der Waals surface area contributed by atoms with Crippen molar-refractivity contribution in [3.8, 4) is 0 Å². The number of halogens is 1. The molecule has 0 aliphatic carbocycles. The van der Waals surface area contributed by atoms with E-state index in [2.05, 4.69) is 49.3 Å². The highest BCUT2D eigenvalue weighted by molar-refractivity contribution is 14.0. The predicted octanol–water partition coefficient (Wildman–Crippen LogP) is 3.78. The zero-order chi connectivity index (χ0) is 16.7. The molecule has 2 N–H and O–H groups in total. The van der Waals surface area contributed by atoms with Gasteiger partial charge in [-0.3, -0.25) is 9.89 Å². The third-order valence-corrected chi connectivity index (χ3v) is 3.96. The second kappa shape index (κ2) is 10.3. The van der Waals surface area contributed by atoms with Gasteiger partial charge >= 0.3 is 0 Å². The van der Waals surface area contributed by atoms with Gasteiger partial charge < -0.3 is 15.1 Å². The number of piperidine rings is 1. The van der Waals surface area contributed by atoms with E-state index < -0.39 is 0 Å². The molecule has 1 aliphatic heterocycles. The first-order valence-electron chi connectivity index (χ1n) is 8.83. The van der Waals surface area contributed by atoms with Gasteiger partial charge in [0.1, 0.15) is 5.76 Å². The summed E-state index contributed by atoms with van der Waals surface area (Å²) in [5.74, 6) is 1.89. The molecule has 1 atom stereocenters. The maximum absolute atomic E-state index is 5.69. The molecule has 0 radical (unpaired) electrons. The van der Waals surface area contributed by atoms with E-state index >= 15 is 0 Å². The van der Waals surface area contributed by atoms with Crippen molar-refractivity contribution in [1.82, 2.24) is 15.5 Å². The Bertz CT molecular complexity index is 476. The van der Waals surface area contributed by atoms with Crippen molar-refractivity contribution in [3.63, 3.8) is 0 Å². The van der Waals surface area contributed by atoms with Crippen LogP contribution in [0.3, 0.4) is 0 Å². The zero-order valence-electron chi connectivity index (χ0n) is 15.5. The molecule has 2 heterocycles. The number of rotatable bonds is 5.